The highest BCUT2D eigenvalue weighted by Crippen LogP contribution is 2.44. The van der Waals surface area contributed by atoms with Crippen LogP contribution in [0.5, 0.6) is 0 Å². The van der Waals surface area contributed by atoms with Gasteiger partial charge in [0.15, 0.2) is 11.5 Å². The highest BCUT2D eigenvalue weighted by atomic mass is 16.1. The zero-order valence-corrected chi connectivity index (χ0v) is 18.9. The van der Waals surface area contributed by atoms with E-state index in [1.54, 1.807) is 6.07 Å². The number of unbranched alkanes of at least 4 members (excludes halogenated alkanes) is 1. The molecule has 1 saturated heterocycles. The summed E-state index contributed by atoms with van der Waals surface area (Å²) in [6.07, 6.45) is 9.79. The third kappa shape index (κ3) is 4.68. The molecule has 33 heavy (non-hydrogen) atoms. The molecule has 0 bridgehead atoms. The number of anilines is 1. The number of piperidine rings is 1. The van der Waals surface area contributed by atoms with Gasteiger partial charge in [0, 0.05) is 25.0 Å². The highest BCUT2D eigenvalue weighted by molar-refractivity contribution is 5.92. The largest absolute Gasteiger partial charge is 0.355 e. The predicted octanol–water partition coefficient (Wildman–Crippen LogP) is 4.79. The Hall–Kier alpha value is -3.47. The van der Waals surface area contributed by atoms with E-state index in [4.69, 9.17) is 0 Å². The van der Waals surface area contributed by atoms with Crippen molar-refractivity contribution in [3.05, 3.63) is 95.2 Å². The van der Waals surface area contributed by atoms with Crippen LogP contribution in [-0.4, -0.2) is 35.7 Å². The number of aromatic nitrogens is 2. The van der Waals surface area contributed by atoms with Gasteiger partial charge in [-0.1, -0.05) is 66.7 Å². The molecule has 1 aliphatic carbocycles. The van der Waals surface area contributed by atoms with Crippen LogP contribution in [0.3, 0.4) is 0 Å². The van der Waals surface area contributed by atoms with E-state index in [0.29, 0.717) is 12.2 Å². The molecule has 5 heteroatoms. The predicted molar refractivity (Wildman–Crippen MR) is 132 cm³/mol. The molecule has 0 radical (unpaired) electrons. The van der Waals surface area contributed by atoms with E-state index in [2.05, 4.69) is 81.1 Å². The molecule has 1 spiro atoms. The van der Waals surface area contributed by atoms with Crippen molar-refractivity contribution in [1.82, 2.24) is 15.5 Å². The summed E-state index contributed by atoms with van der Waals surface area (Å²) in [6.45, 7) is 2.51. The van der Waals surface area contributed by atoms with Crippen molar-refractivity contribution in [1.29, 1.82) is 0 Å². The molecule has 5 rings (SSSR count). The SMILES string of the molecule is O=C(NCCCCc1ccccc1)c1ccc(N2CCC3(C=Cc4ccccc43)CC2)nn1. The minimum absolute atomic E-state index is 0.154. The first-order valence-electron chi connectivity index (χ1n) is 11.9. The van der Waals surface area contributed by atoms with Gasteiger partial charge in [-0.2, -0.15) is 0 Å². The Balaban J connectivity index is 1.09. The van der Waals surface area contributed by atoms with Crippen LogP contribution >= 0.6 is 0 Å². The molecule has 0 saturated carbocycles. The summed E-state index contributed by atoms with van der Waals surface area (Å²) in [4.78, 5) is 14.7. The molecule has 0 atom stereocenters. The van der Waals surface area contributed by atoms with Gasteiger partial charge in [0.25, 0.3) is 5.91 Å². The lowest BCUT2D eigenvalue weighted by Crippen LogP contribution is -2.41. The topological polar surface area (TPSA) is 58.1 Å². The fraction of sp³-hybridized carbons (Fsp3) is 0.321. The fourth-order valence-corrected chi connectivity index (χ4v) is 5.01. The summed E-state index contributed by atoms with van der Waals surface area (Å²) in [5.41, 5.74) is 4.67. The summed E-state index contributed by atoms with van der Waals surface area (Å²) in [5.74, 6) is 0.693. The van der Waals surface area contributed by atoms with Crippen LogP contribution in [-0.2, 0) is 11.8 Å². The number of allylic oxidation sites excluding steroid dienone is 1. The molecule has 3 aromatic rings. The summed E-state index contributed by atoms with van der Waals surface area (Å²) in [5, 5.41) is 11.5. The summed E-state index contributed by atoms with van der Waals surface area (Å²) < 4.78 is 0. The summed E-state index contributed by atoms with van der Waals surface area (Å²) >= 11 is 0. The van der Waals surface area contributed by atoms with Crippen molar-refractivity contribution in [2.24, 2.45) is 0 Å². The lowest BCUT2D eigenvalue weighted by Gasteiger charge is -2.39. The van der Waals surface area contributed by atoms with Crippen molar-refractivity contribution in [2.45, 2.75) is 37.5 Å². The van der Waals surface area contributed by atoms with E-state index < -0.39 is 0 Å². The van der Waals surface area contributed by atoms with Crippen LogP contribution < -0.4 is 10.2 Å². The summed E-state index contributed by atoms with van der Waals surface area (Å²) in [6, 6.07) is 22.9. The second-order valence-electron chi connectivity index (χ2n) is 9.04. The van der Waals surface area contributed by atoms with Gasteiger partial charge < -0.3 is 10.2 Å². The average Bonchev–Trinajstić information content (AvgIpc) is 3.23. The maximum Gasteiger partial charge on any atom is 0.271 e. The van der Waals surface area contributed by atoms with Crippen molar-refractivity contribution in [2.75, 3.05) is 24.5 Å². The number of carbonyl (C=O) groups is 1. The quantitative estimate of drug-likeness (QED) is 0.539. The van der Waals surface area contributed by atoms with Crippen molar-refractivity contribution < 1.29 is 4.79 Å². The molecule has 1 aliphatic heterocycles. The molecule has 2 aromatic carbocycles. The fourth-order valence-electron chi connectivity index (χ4n) is 5.01. The van der Waals surface area contributed by atoms with Gasteiger partial charge >= 0.3 is 0 Å². The zero-order chi connectivity index (χ0) is 22.5. The lowest BCUT2D eigenvalue weighted by atomic mass is 9.74. The van der Waals surface area contributed by atoms with Crippen LogP contribution in [0.25, 0.3) is 6.08 Å². The Morgan fingerprint density at radius 2 is 1.70 bits per heavy atom. The number of fused-ring (bicyclic) bond motifs is 2. The van der Waals surface area contributed by atoms with Crippen molar-refractivity contribution in [3.63, 3.8) is 0 Å². The van der Waals surface area contributed by atoms with Crippen LogP contribution in [0.15, 0.2) is 72.8 Å². The number of carbonyl (C=O) groups excluding carboxylic acids is 1. The molecule has 0 unspecified atom stereocenters. The van der Waals surface area contributed by atoms with Crippen LogP contribution in [0.1, 0.15) is 52.9 Å². The van der Waals surface area contributed by atoms with E-state index in [1.807, 2.05) is 12.1 Å². The third-order valence-corrected chi connectivity index (χ3v) is 6.96. The zero-order valence-electron chi connectivity index (χ0n) is 18.9. The Morgan fingerprint density at radius 1 is 0.909 bits per heavy atom. The average molecular weight is 439 g/mol. The smallest absolute Gasteiger partial charge is 0.271 e. The third-order valence-electron chi connectivity index (χ3n) is 6.96. The second-order valence-corrected chi connectivity index (χ2v) is 9.04. The van der Waals surface area contributed by atoms with E-state index in [-0.39, 0.29) is 11.3 Å². The molecule has 5 nitrogen and oxygen atoms in total. The Bertz CT molecular complexity index is 1120. The maximum atomic E-state index is 12.4. The number of rotatable bonds is 7. The number of nitrogens with one attached hydrogen (secondary N) is 1. The molecular formula is C28H30N4O. The van der Waals surface area contributed by atoms with E-state index in [0.717, 1.165) is 51.0 Å². The van der Waals surface area contributed by atoms with Gasteiger partial charge in [-0.15, -0.1) is 10.2 Å². The van der Waals surface area contributed by atoms with E-state index >= 15 is 0 Å². The van der Waals surface area contributed by atoms with Crippen molar-refractivity contribution in [3.8, 4) is 0 Å². The number of hydrogen-bond acceptors (Lipinski definition) is 4. The standard InChI is InChI=1S/C28H30N4O/c33-27(29-19-7-6-10-22-8-2-1-3-9-22)25-13-14-26(31-30-25)32-20-17-28(18-21-32)16-15-23-11-4-5-12-24(23)28/h1-5,8-9,11-16H,6-7,10,17-21H2,(H,29,33). The lowest BCUT2D eigenvalue weighted by molar-refractivity contribution is 0.0947. The van der Waals surface area contributed by atoms with Gasteiger partial charge in [0.1, 0.15) is 0 Å². The molecule has 1 aromatic heterocycles. The molecule has 168 valence electrons. The number of hydrogen-bond donors (Lipinski definition) is 1. The Labute approximate surface area is 195 Å². The molecular weight excluding hydrogens is 408 g/mol. The Kier molecular flexibility index (Phi) is 6.20. The van der Waals surface area contributed by atoms with E-state index in [1.165, 1.54) is 16.7 Å². The molecule has 2 aliphatic rings. The number of aryl methyl sites for hydroxylation is 1. The first-order valence-corrected chi connectivity index (χ1v) is 11.9. The van der Waals surface area contributed by atoms with E-state index in [9.17, 15) is 4.79 Å². The first kappa shape index (κ1) is 21.4. The second kappa shape index (κ2) is 9.57. The molecule has 1 amide bonds. The van der Waals surface area contributed by atoms with Crippen LogP contribution in [0.4, 0.5) is 5.82 Å². The van der Waals surface area contributed by atoms with Crippen LogP contribution in [0.2, 0.25) is 0 Å². The minimum Gasteiger partial charge on any atom is -0.355 e. The first-order chi connectivity index (χ1) is 16.2. The monoisotopic (exact) mass is 438 g/mol. The van der Waals surface area contributed by atoms with Crippen molar-refractivity contribution >= 4 is 17.8 Å². The minimum atomic E-state index is -0.154. The normalized spacial score (nSPS) is 16.1. The van der Waals surface area contributed by atoms with Gasteiger partial charge in [0.2, 0.25) is 0 Å². The number of amides is 1. The van der Waals surface area contributed by atoms with Gasteiger partial charge in [-0.25, -0.2) is 0 Å². The summed E-state index contributed by atoms with van der Waals surface area (Å²) in [7, 11) is 0. The molecule has 2 heterocycles. The maximum absolute atomic E-state index is 12.4. The van der Waals surface area contributed by atoms with Crippen LogP contribution in [0, 0.1) is 0 Å². The number of nitrogens with zero attached hydrogens (tertiary/aromatic N) is 3. The highest BCUT2D eigenvalue weighted by Gasteiger charge is 2.38. The Morgan fingerprint density at radius 3 is 2.48 bits per heavy atom. The molecule has 1 fully saturated rings. The van der Waals surface area contributed by atoms with Gasteiger partial charge in [0.05, 0.1) is 0 Å². The van der Waals surface area contributed by atoms with Gasteiger partial charge in [-0.3, -0.25) is 4.79 Å². The number of benzene rings is 2. The molecule has 1 N–H and O–H groups in total. The van der Waals surface area contributed by atoms with Gasteiger partial charge in [-0.05, 0) is 60.9 Å².